The molecule has 1 aliphatic rings. The number of hydrogen-bond acceptors (Lipinski definition) is 3. The lowest BCUT2D eigenvalue weighted by Gasteiger charge is -2.14. The Balaban J connectivity index is 1.71. The molecule has 6 nitrogen and oxygen atoms in total. The summed E-state index contributed by atoms with van der Waals surface area (Å²) in [5.41, 5.74) is 2.28. The summed E-state index contributed by atoms with van der Waals surface area (Å²) in [4.78, 5) is 25.6. The second-order valence-corrected chi connectivity index (χ2v) is 7.29. The Hall–Kier alpha value is -2.89. The maximum Gasteiger partial charge on any atom is 0.281 e. The van der Waals surface area contributed by atoms with Crippen LogP contribution in [0.15, 0.2) is 41.3 Å². The SMILES string of the molecule is Cc1c2cnn(-c3ccccc3)c(=O)c2c(C)n1CC(=O)NC1CCCC1. The standard InChI is InChI=1S/C21H24N4O2/c1-14-18-12-22-25(17-10-4-3-5-11-17)21(27)20(18)15(2)24(14)13-19(26)23-16-8-6-7-9-16/h3-5,10-12,16H,6-9,13H2,1-2H3,(H,23,26). The lowest BCUT2D eigenvalue weighted by atomic mass is 10.2. The molecule has 1 N–H and O–H groups in total. The van der Waals surface area contributed by atoms with Gasteiger partial charge in [-0.15, -0.1) is 0 Å². The van der Waals surface area contributed by atoms with Crippen molar-refractivity contribution in [3.63, 3.8) is 0 Å². The van der Waals surface area contributed by atoms with Crippen LogP contribution in [0.3, 0.4) is 0 Å². The zero-order valence-corrected chi connectivity index (χ0v) is 15.7. The average molecular weight is 364 g/mol. The third kappa shape index (κ3) is 3.16. The molecule has 1 aromatic carbocycles. The van der Waals surface area contributed by atoms with E-state index >= 15 is 0 Å². The van der Waals surface area contributed by atoms with E-state index in [0.29, 0.717) is 11.4 Å². The fourth-order valence-electron chi connectivity index (χ4n) is 4.09. The molecule has 2 heterocycles. The number of aryl methyl sites for hydroxylation is 2. The summed E-state index contributed by atoms with van der Waals surface area (Å²) in [6.07, 6.45) is 6.20. The van der Waals surface area contributed by atoms with Crippen molar-refractivity contribution < 1.29 is 4.79 Å². The molecule has 2 aromatic heterocycles. The molecule has 0 bridgehead atoms. The van der Waals surface area contributed by atoms with Crippen molar-refractivity contribution in [2.45, 2.75) is 52.1 Å². The van der Waals surface area contributed by atoms with Gasteiger partial charge in [0, 0.05) is 22.8 Å². The molecule has 1 aliphatic carbocycles. The summed E-state index contributed by atoms with van der Waals surface area (Å²) in [5, 5.41) is 8.89. The van der Waals surface area contributed by atoms with Gasteiger partial charge in [0.05, 0.1) is 17.3 Å². The van der Waals surface area contributed by atoms with E-state index in [9.17, 15) is 9.59 Å². The molecule has 3 aromatic rings. The molecule has 1 amide bonds. The number of amides is 1. The molecule has 0 spiro atoms. The number of aromatic nitrogens is 3. The van der Waals surface area contributed by atoms with Gasteiger partial charge in [-0.05, 0) is 38.8 Å². The molecule has 4 rings (SSSR count). The number of carbonyl (C=O) groups excluding carboxylic acids is 1. The third-order valence-electron chi connectivity index (χ3n) is 5.56. The van der Waals surface area contributed by atoms with Crippen molar-refractivity contribution in [1.29, 1.82) is 0 Å². The van der Waals surface area contributed by atoms with E-state index in [1.807, 2.05) is 48.7 Å². The van der Waals surface area contributed by atoms with E-state index < -0.39 is 0 Å². The number of benzene rings is 1. The molecule has 140 valence electrons. The number of rotatable bonds is 4. The van der Waals surface area contributed by atoms with E-state index in [0.717, 1.165) is 35.3 Å². The number of hydrogen-bond donors (Lipinski definition) is 1. The molecule has 6 heteroatoms. The minimum atomic E-state index is -0.158. The van der Waals surface area contributed by atoms with Gasteiger partial charge in [-0.25, -0.2) is 0 Å². The minimum absolute atomic E-state index is 0.00440. The van der Waals surface area contributed by atoms with Gasteiger partial charge in [-0.1, -0.05) is 31.0 Å². The van der Waals surface area contributed by atoms with Crippen molar-refractivity contribution >= 4 is 16.7 Å². The van der Waals surface area contributed by atoms with Crippen LogP contribution in [0, 0.1) is 13.8 Å². The van der Waals surface area contributed by atoms with Gasteiger partial charge >= 0.3 is 0 Å². The smallest absolute Gasteiger partial charge is 0.281 e. The summed E-state index contributed by atoms with van der Waals surface area (Å²) >= 11 is 0. The normalized spacial score (nSPS) is 14.7. The summed E-state index contributed by atoms with van der Waals surface area (Å²) in [5.74, 6) is 0.00440. The number of fused-ring (bicyclic) bond motifs is 1. The second-order valence-electron chi connectivity index (χ2n) is 7.29. The van der Waals surface area contributed by atoms with Crippen LogP contribution >= 0.6 is 0 Å². The van der Waals surface area contributed by atoms with Crippen LogP contribution in [-0.2, 0) is 11.3 Å². The van der Waals surface area contributed by atoms with Gasteiger partial charge in [0.15, 0.2) is 0 Å². The zero-order valence-electron chi connectivity index (χ0n) is 15.7. The summed E-state index contributed by atoms with van der Waals surface area (Å²) in [6.45, 7) is 4.06. The van der Waals surface area contributed by atoms with Crippen LogP contribution < -0.4 is 10.9 Å². The Morgan fingerprint density at radius 2 is 1.85 bits per heavy atom. The highest BCUT2D eigenvalue weighted by atomic mass is 16.2. The van der Waals surface area contributed by atoms with Gasteiger partial charge in [0.2, 0.25) is 5.91 Å². The Bertz CT molecular complexity index is 1040. The van der Waals surface area contributed by atoms with Crippen molar-refractivity contribution in [3.8, 4) is 5.69 Å². The molecule has 0 atom stereocenters. The Kier molecular flexibility index (Phi) is 4.56. The molecule has 0 saturated heterocycles. The Morgan fingerprint density at radius 3 is 2.56 bits per heavy atom. The lowest BCUT2D eigenvalue weighted by Crippen LogP contribution is -2.35. The second kappa shape index (κ2) is 7.02. The fraction of sp³-hybridized carbons (Fsp3) is 0.381. The van der Waals surface area contributed by atoms with Crippen molar-refractivity contribution in [1.82, 2.24) is 19.7 Å². The Morgan fingerprint density at radius 1 is 1.15 bits per heavy atom. The number of para-hydroxylation sites is 1. The third-order valence-corrected chi connectivity index (χ3v) is 5.56. The highest BCUT2D eigenvalue weighted by Crippen LogP contribution is 2.23. The van der Waals surface area contributed by atoms with E-state index in [2.05, 4.69) is 10.4 Å². The topological polar surface area (TPSA) is 68.9 Å². The van der Waals surface area contributed by atoms with Crippen LogP contribution in [0.25, 0.3) is 16.5 Å². The van der Waals surface area contributed by atoms with E-state index in [4.69, 9.17) is 0 Å². The molecule has 0 aliphatic heterocycles. The number of nitrogens with zero attached hydrogens (tertiary/aromatic N) is 3. The molecule has 0 radical (unpaired) electrons. The van der Waals surface area contributed by atoms with Gasteiger partial charge < -0.3 is 9.88 Å². The van der Waals surface area contributed by atoms with Gasteiger partial charge in [0.1, 0.15) is 6.54 Å². The molecule has 1 saturated carbocycles. The van der Waals surface area contributed by atoms with Crippen LogP contribution in [0.1, 0.15) is 37.1 Å². The summed E-state index contributed by atoms with van der Waals surface area (Å²) < 4.78 is 3.34. The highest BCUT2D eigenvalue weighted by molar-refractivity contribution is 5.88. The van der Waals surface area contributed by atoms with Gasteiger partial charge in [-0.2, -0.15) is 9.78 Å². The van der Waals surface area contributed by atoms with Crippen LogP contribution in [-0.4, -0.2) is 26.3 Å². The number of carbonyl (C=O) groups is 1. The summed E-state index contributed by atoms with van der Waals surface area (Å²) in [7, 11) is 0. The first-order valence-corrected chi connectivity index (χ1v) is 9.49. The quantitative estimate of drug-likeness (QED) is 0.774. The first kappa shape index (κ1) is 17.5. The fourth-order valence-corrected chi connectivity index (χ4v) is 4.09. The van der Waals surface area contributed by atoms with Crippen LogP contribution in [0.5, 0.6) is 0 Å². The molecular formula is C21H24N4O2. The largest absolute Gasteiger partial charge is 0.352 e. The first-order valence-electron chi connectivity index (χ1n) is 9.49. The van der Waals surface area contributed by atoms with Gasteiger partial charge in [0.25, 0.3) is 5.56 Å². The predicted octanol–water partition coefficient (Wildman–Crippen LogP) is 2.86. The van der Waals surface area contributed by atoms with Crippen molar-refractivity contribution in [3.05, 3.63) is 58.3 Å². The minimum Gasteiger partial charge on any atom is -0.352 e. The monoisotopic (exact) mass is 364 g/mol. The predicted molar refractivity (Wildman–Crippen MR) is 105 cm³/mol. The molecule has 1 fully saturated rings. The molecule has 0 unspecified atom stereocenters. The van der Waals surface area contributed by atoms with Gasteiger partial charge in [-0.3, -0.25) is 9.59 Å². The zero-order chi connectivity index (χ0) is 19.0. The van der Waals surface area contributed by atoms with E-state index in [1.165, 1.54) is 17.5 Å². The van der Waals surface area contributed by atoms with Crippen molar-refractivity contribution in [2.75, 3.05) is 0 Å². The van der Waals surface area contributed by atoms with Crippen LogP contribution in [0.2, 0.25) is 0 Å². The van der Waals surface area contributed by atoms with E-state index in [-0.39, 0.29) is 18.0 Å². The first-order chi connectivity index (χ1) is 13.1. The van der Waals surface area contributed by atoms with Crippen molar-refractivity contribution in [2.24, 2.45) is 0 Å². The average Bonchev–Trinajstić information content (AvgIpc) is 3.25. The van der Waals surface area contributed by atoms with E-state index in [1.54, 1.807) is 6.20 Å². The van der Waals surface area contributed by atoms with Crippen LogP contribution in [0.4, 0.5) is 0 Å². The maximum absolute atomic E-state index is 13.1. The Labute approximate surface area is 157 Å². The lowest BCUT2D eigenvalue weighted by molar-refractivity contribution is -0.122. The molecule has 27 heavy (non-hydrogen) atoms. The summed E-state index contributed by atoms with van der Waals surface area (Å²) in [6, 6.07) is 9.67. The molecular weight excluding hydrogens is 340 g/mol. The maximum atomic E-state index is 13.1. The number of nitrogens with one attached hydrogen (secondary N) is 1. The highest BCUT2D eigenvalue weighted by Gasteiger charge is 2.21.